The highest BCUT2D eigenvalue weighted by atomic mass is 19.1. The van der Waals surface area contributed by atoms with Gasteiger partial charge >= 0.3 is 0 Å². The van der Waals surface area contributed by atoms with Gasteiger partial charge in [0.2, 0.25) is 5.91 Å². The highest BCUT2D eigenvalue weighted by Gasteiger charge is 2.34. The maximum Gasteiger partial charge on any atom is 0.273 e. The van der Waals surface area contributed by atoms with E-state index in [0.29, 0.717) is 37.7 Å². The van der Waals surface area contributed by atoms with Crippen molar-refractivity contribution in [3.05, 3.63) is 65.6 Å². The molecular weight excluding hydrogens is 433 g/mol. The summed E-state index contributed by atoms with van der Waals surface area (Å²) in [5.41, 5.74) is 0.689. The van der Waals surface area contributed by atoms with Crippen LogP contribution in [-0.2, 0) is 17.9 Å². The first-order valence-corrected chi connectivity index (χ1v) is 11.4. The standard InChI is InChI=1S/C26H30FN5O2/c1-26(2,3)23(25(34)29-17-18-11-6-4-7-12-18)30-24(33)21-19-13-10-14-20(27)22(19)32(31-21)16-9-5-8-15-28/h4,6-7,10-14,23H,5,8-9,16-17H2,1-3H3,(H,29,34)(H,30,33). The first-order chi connectivity index (χ1) is 16.2. The van der Waals surface area contributed by atoms with Gasteiger partial charge in [0, 0.05) is 24.9 Å². The van der Waals surface area contributed by atoms with Crippen molar-refractivity contribution in [1.82, 2.24) is 20.4 Å². The summed E-state index contributed by atoms with van der Waals surface area (Å²) in [5, 5.41) is 19.2. The number of unbranched alkanes of at least 4 members (excludes halogenated alkanes) is 2. The Hall–Kier alpha value is -3.73. The second-order valence-corrected chi connectivity index (χ2v) is 9.30. The lowest BCUT2D eigenvalue weighted by Crippen LogP contribution is -2.53. The number of hydrogen-bond donors (Lipinski definition) is 2. The zero-order chi connectivity index (χ0) is 24.7. The molecule has 1 atom stereocenters. The molecule has 3 rings (SSSR count). The van der Waals surface area contributed by atoms with Gasteiger partial charge < -0.3 is 10.6 Å². The molecule has 1 heterocycles. The summed E-state index contributed by atoms with van der Waals surface area (Å²) in [5.74, 6) is -1.32. The number of aromatic nitrogens is 2. The maximum absolute atomic E-state index is 14.6. The molecule has 7 nitrogen and oxygen atoms in total. The number of carbonyl (C=O) groups is 2. The van der Waals surface area contributed by atoms with Crippen LogP contribution < -0.4 is 10.6 Å². The fraction of sp³-hybridized carbons (Fsp3) is 0.385. The van der Waals surface area contributed by atoms with Gasteiger partial charge in [-0.1, -0.05) is 63.2 Å². The number of nitrogens with zero attached hydrogens (tertiary/aromatic N) is 3. The molecule has 0 saturated carbocycles. The Morgan fingerprint density at radius 2 is 1.85 bits per heavy atom. The molecule has 0 aliphatic carbocycles. The van der Waals surface area contributed by atoms with E-state index in [1.807, 2.05) is 51.1 Å². The van der Waals surface area contributed by atoms with Crippen LogP contribution in [0.15, 0.2) is 48.5 Å². The molecule has 0 radical (unpaired) electrons. The van der Waals surface area contributed by atoms with Gasteiger partial charge in [0.15, 0.2) is 5.69 Å². The van der Waals surface area contributed by atoms with Crippen molar-refractivity contribution in [3.8, 4) is 6.07 Å². The lowest BCUT2D eigenvalue weighted by molar-refractivity contribution is -0.125. The highest BCUT2D eigenvalue weighted by molar-refractivity contribution is 6.06. The molecule has 178 valence electrons. The summed E-state index contributed by atoms with van der Waals surface area (Å²) in [7, 11) is 0. The van der Waals surface area contributed by atoms with Crippen molar-refractivity contribution in [3.63, 3.8) is 0 Å². The number of aryl methyl sites for hydroxylation is 1. The van der Waals surface area contributed by atoms with Crippen molar-refractivity contribution in [2.24, 2.45) is 5.41 Å². The van der Waals surface area contributed by atoms with Crippen molar-refractivity contribution in [1.29, 1.82) is 5.26 Å². The van der Waals surface area contributed by atoms with Gasteiger partial charge in [-0.25, -0.2) is 4.39 Å². The predicted molar refractivity (Wildman–Crippen MR) is 128 cm³/mol. The number of benzene rings is 2. The lowest BCUT2D eigenvalue weighted by Gasteiger charge is -2.30. The number of nitrogens with one attached hydrogen (secondary N) is 2. The van der Waals surface area contributed by atoms with E-state index in [9.17, 15) is 14.0 Å². The normalized spacial score (nSPS) is 12.2. The molecule has 0 fully saturated rings. The van der Waals surface area contributed by atoms with E-state index in [-0.39, 0.29) is 17.1 Å². The summed E-state index contributed by atoms with van der Waals surface area (Å²) in [6, 6.07) is 15.3. The zero-order valence-corrected chi connectivity index (χ0v) is 19.8. The summed E-state index contributed by atoms with van der Waals surface area (Å²) >= 11 is 0. The Labute approximate surface area is 199 Å². The van der Waals surface area contributed by atoms with Gasteiger partial charge in [-0.05, 0) is 29.9 Å². The van der Waals surface area contributed by atoms with Gasteiger partial charge in [-0.2, -0.15) is 10.4 Å². The number of carbonyl (C=O) groups excluding carboxylic acids is 2. The molecule has 2 N–H and O–H groups in total. The van der Waals surface area contributed by atoms with Gasteiger partial charge in [0.25, 0.3) is 5.91 Å². The molecule has 0 aliphatic heterocycles. The van der Waals surface area contributed by atoms with Crippen molar-refractivity contribution in [2.75, 3.05) is 0 Å². The van der Waals surface area contributed by atoms with E-state index in [1.54, 1.807) is 6.07 Å². The van der Waals surface area contributed by atoms with E-state index in [2.05, 4.69) is 21.8 Å². The number of rotatable bonds is 9. The summed E-state index contributed by atoms with van der Waals surface area (Å²) in [4.78, 5) is 26.3. The second-order valence-electron chi connectivity index (χ2n) is 9.30. The number of amides is 2. The molecule has 0 saturated heterocycles. The fourth-order valence-corrected chi connectivity index (χ4v) is 3.75. The largest absolute Gasteiger partial charge is 0.350 e. The van der Waals surface area contributed by atoms with Crippen LogP contribution in [-0.4, -0.2) is 27.6 Å². The molecule has 34 heavy (non-hydrogen) atoms. The predicted octanol–water partition coefficient (Wildman–Crippen LogP) is 4.33. The number of nitriles is 1. The Kier molecular flexibility index (Phi) is 8.00. The average Bonchev–Trinajstić information content (AvgIpc) is 3.18. The van der Waals surface area contributed by atoms with Crippen LogP contribution in [0.3, 0.4) is 0 Å². The number of para-hydroxylation sites is 1. The SMILES string of the molecule is CC(C)(C)C(NC(=O)c1nn(CCCCC#N)c2c(F)cccc12)C(=O)NCc1ccccc1. The van der Waals surface area contributed by atoms with E-state index in [4.69, 9.17) is 5.26 Å². The van der Waals surface area contributed by atoms with Gasteiger partial charge in [-0.15, -0.1) is 0 Å². The van der Waals surface area contributed by atoms with E-state index < -0.39 is 23.2 Å². The number of fused-ring (bicyclic) bond motifs is 1. The molecule has 1 aromatic heterocycles. The second kappa shape index (κ2) is 10.9. The van der Waals surface area contributed by atoms with Crippen LogP contribution in [0.2, 0.25) is 0 Å². The number of hydrogen-bond acceptors (Lipinski definition) is 4. The van der Waals surface area contributed by atoms with E-state index >= 15 is 0 Å². The smallest absolute Gasteiger partial charge is 0.273 e. The Morgan fingerprint density at radius 3 is 2.53 bits per heavy atom. The highest BCUT2D eigenvalue weighted by Crippen LogP contribution is 2.24. The first-order valence-electron chi connectivity index (χ1n) is 11.4. The van der Waals surface area contributed by atoms with Crippen LogP contribution >= 0.6 is 0 Å². The minimum Gasteiger partial charge on any atom is -0.350 e. The van der Waals surface area contributed by atoms with Crippen molar-refractivity contribution >= 4 is 22.7 Å². The van der Waals surface area contributed by atoms with Crippen molar-refractivity contribution in [2.45, 2.75) is 59.2 Å². The summed E-state index contributed by atoms with van der Waals surface area (Å²) < 4.78 is 16.1. The monoisotopic (exact) mass is 463 g/mol. The van der Waals surface area contributed by atoms with Gasteiger partial charge in [0.05, 0.1) is 6.07 Å². The molecule has 0 spiro atoms. The van der Waals surface area contributed by atoms with Crippen molar-refractivity contribution < 1.29 is 14.0 Å². The third-order valence-electron chi connectivity index (χ3n) is 5.56. The first kappa shape index (κ1) is 24.9. The molecular formula is C26H30FN5O2. The van der Waals surface area contributed by atoms with Gasteiger partial charge in [-0.3, -0.25) is 14.3 Å². The fourth-order valence-electron chi connectivity index (χ4n) is 3.75. The van der Waals surface area contributed by atoms with Crippen LogP contribution in [0.4, 0.5) is 4.39 Å². The van der Waals surface area contributed by atoms with Crippen LogP contribution in [0, 0.1) is 22.6 Å². The summed E-state index contributed by atoms with van der Waals surface area (Å²) in [6.07, 6.45) is 1.69. The topological polar surface area (TPSA) is 99.8 Å². The minimum absolute atomic E-state index is 0.0693. The van der Waals surface area contributed by atoms with Crippen LogP contribution in [0.5, 0.6) is 0 Å². The van der Waals surface area contributed by atoms with Crippen LogP contribution in [0.1, 0.15) is 56.1 Å². The quantitative estimate of drug-likeness (QED) is 0.461. The minimum atomic E-state index is -0.826. The molecule has 1 unspecified atom stereocenters. The Morgan fingerprint density at radius 1 is 1.12 bits per heavy atom. The van der Waals surface area contributed by atoms with Crippen LogP contribution in [0.25, 0.3) is 10.9 Å². The molecule has 0 bridgehead atoms. The Balaban J connectivity index is 1.82. The lowest BCUT2D eigenvalue weighted by atomic mass is 9.86. The number of halogens is 1. The third kappa shape index (κ3) is 5.98. The molecule has 2 aromatic carbocycles. The molecule has 0 aliphatic rings. The summed E-state index contributed by atoms with van der Waals surface area (Å²) in [6.45, 7) is 6.32. The average molecular weight is 464 g/mol. The Bertz CT molecular complexity index is 1190. The van der Waals surface area contributed by atoms with E-state index in [0.717, 1.165) is 5.56 Å². The molecule has 3 aromatic rings. The maximum atomic E-state index is 14.6. The third-order valence-corrected chi connectivity index (χ3v) is 5.56. The molecule has 2 amide bonds. The molecule has 8 heteroatoms. The zero-order valence-electron chi connectivity index (χ0n) is 19.8. The van der Waals surface area contributed by atoms with Gasteiger partial charge in [0.1, 0.15) is 17.4 Å². The van der Waals surface area contributed by atoms with E-state index in [1.165, 1.54) is 16.8 Å².